The summed E-state index contributed by atoms with van der Waals surface area (Å²) in [6, 6.07) is 7.23. The van der Waals surface area contributed by atoms with E-state index in [1.807, 2.05) is 32.6 Å². The topological polar surface area (TPSA) is 104 Å². The predicted molar refractivity (Wildman–Crippen MR) is 154 cm³/mol. The van der Waals surface area contributed by atoms with E-state index in [-0.39, 0.29) is 47.0 Å². The summed E-state index contributed by atoms with van der Waals surface area (Å²) in [6.07, 6.45) is 0.676. The number of nitrogens with zero attached hydrogens (tertiary/aromatic N) is 6. The van der Waals surface area contributed by atoms with Crippen LogP contribution in [0.25, 0.3) is 28.0 Å². The van der Waals surface area contributed by atoms with Crippen LogP contribution < -0.4 is 10.6 Å². The van der Waals surface area contributed by atoms with E-state index >= 15 is 0 Å². The Morgan fingerprint density at radius 2 is 1.90 bits per heavy atom. The number of piperazine rings is 1. The lowest BCUT2D eigenvalue weighted by atomic mass is 10.0. The van der Waals surface area contributed by atoms with Crippen LogP contribution in [-0.4, -0.2) is 61.3 Å². The lowest BCUT2D eigenvalue weighted by molar-refractivity contribution is 0.136. The van der Waals surface area contributed by atoms with Crippen molar-refractivity contribution in [1.82, 2.24) is 24.4 Å². The minimum Gasteiger partial charge on any atom is -0.465 e. The van der Waals surface area contributed by atoms with Gasteiger partial charge in [0.1, 0.15) is 11.6 Å². The summed E-state index contributed by atoms with van der Waals surface area (Å²) in [6.45, 7) is 8.45. The fourth-order valence-electron chi connectivity index (χ4n) is 5.12. The zero-order valence-electron chi connectivity index (χ0n) is 22.3. The summed E-state index contributed by atoms with van der Waals surface area (Å²) in [5.74, 6) is -0.271. The smallest absolute Gasteiger partial charge is 0.407 e. The minimum atomic E-state index is -1.01. The van der Waals surface area contributed by atoms with Gasteiger partial charge in [0.2, 0.25) is 0 Å². The lowest BCUT2D eigenvalue weighted by Gasteiger charge is -2.39. The van der Waals surface area contributed by atoms with Crippen molar-refractivity contribution < 1.29 is 14.3 Å². The molecule has 0 radical (unpaired) electrons. The summed E-state index contributed by atoms with van der Waals surface area (Å²) in [4.78, 5) is 42.5. The summed E-state index contributed by atoms with van der Waals surface area (Å²) in [5, 5.41) is 10.4. The van der Waals surface area contributed by atoms with Crippen LogP contribution in [0.15, 0.2) is 41.3 Å². The van der Waals surface area contributed by atoms with Crippen LogP contribution in [0.4, 0.5) is 15.0 Å². The number of pyridine rings is 2. The van der Waals surface area contributed by atoms with Crippen LogP contribution >= 0.6 is 23.2 Å². The molecule has 1 atom stereocenters. The largest absolute Gasteiger partial charge is 0.465 e. The van der Waals surface area contributed by atoms with E-state index in [0.29, 0.717) is 34.2 Å². The zero-order chi connectivity index (χ0) is 28.9. The molecule has 1 aliphatic rings. The van der Waals surface area contributed by atoms with Crippen LogP contribution in [0.3, 0.4) is 0 Å². The Balaban J connectivity index is 1.85. The van der Waals surface area contributed by atoms with Crippen LogP contribution in [0, 0.1) is 12.7 Å². The van der Waals surface area contributed by atoms with Crippen molar-refractivity contribution in [3.63, 3.8) is 0 Å². The number of carboxylic acid groups (broad SMARTS) is 1. The van der Waals surface area contributed by atoms with Gasteiger partial charge in [-0.15, -0.1) is 0 Å². The van der Waals surface area contributed by atoms with Crippen LogP contribution in [-0.2, 0) is 0 Å². The van der Waals surface area contributed by atoms with Gasteiger partial charge in [-0.3, -0.25) is 4.98 Å². The number of aryl methyl sites for hydroxylation is 1. The molecule has 12 heteroatoms. The molecule has 5 rings (SSSR count). The van der Waals surface area contributed by atoms with Gasteiger partial charge in [-0.2, -0.15) is 4.98 Å². The highest BCUT2D eigenvalue weighted by Crippen LogP contribution is 2.37. The van der Waals surface area contributed by atoms with Crippen molar-refractivity contribution in [1.29, 1.82) is 0 Å². The van der Waals surface area contributed by atoms with E-state index in [2.05, 4.69) is 9.97 Å². The summed E-state index contributed by atoms with van der Waals surface area (Å²) < 4.78 is 16.4. The number of carbonyl (C=O) groups is 1. The molecule has 1 saturated heterocycles. The Labute approximate surface area is 239 Å². The number of fused-ring (bicyclic) bond motifs is 1. The molecule has 0 unspecified atom stereocenters. The van der Waals surface area contributed by atoms with Crippen LogP contribution in [0.1, 0.15) is 37.9 Å². The second-order valence-corrected chi connectivity index (χ2v) is 11.0. The predicted octanol–water partition coefficient (Wildman–Crippen LogP) is 5.91. The first-order valence-electron chi connectivity index (χ1n) is 12.8. The van der Waals surface area contributed by atoms with Gasteiger partial charge in [0.25, 0.3) is 0 Å². The van der Waals surface area contributed by atoms with Crippen molar-refractivity contribution in [2.75, 3.05) is 24.5 Å². The van der Waals surface area contributed by atoms with Gasteiger partial charge < -0.3 is 14.9 Å². The molecule has 1 fully saturated rings. The monoisotopic (exact) mass is 584 g/mol. The molecule has 0 saturated carbocycles. The van der Waals surface area contributed by atoms with Crippen LogP contribution in [0.5, 0.6) is 0 Å². The third kappa shape index (κ3) is 4.86. The molecule has 4 heterocycles. The fourth-order valence-corrected chi connectivity index (χ4v) is 5.55. The summed E-state index contributed by atoms with van der Waals surface area (Å²) in [5.41, 5.74) is 1.84. The second-order valence-electron chi connectivity index (χ2n) is 10.2. The van der Waals surface area contributed by atoms with E-state index < -0.39 is 17.6 Å². The first-order chi connectivity index (χ1) is 19.0. The molecule has 1 N–H and O–H groups in total. The maximum Gasteiger partial charge on any atom is 0.407 e. The molecule has 1 aliphatic heterocycles. The Kier molecular flexibility index (Phi) is 7.41. The first-order valence-corrected chi connectivity index (χ1v) is 13.5. The Hall–Kier alpha value is -3.76. The number of rotatable bonds is 4. The maximum atomic E-state index is 15.0. The van der Waals surface area contributed by atoms with E-state index in [1.165, 1.54) is 27.7 Å². The van der Waals surface area contributed by atoms with E-state index in [9.17, 15) is 19.1 Å². The minimum absolute atomic E-state index is 0.0298. The molecule has 3 aromatic heterocycles. The van der Waals surface area contributed by atoms with Gasteiger partial charge in [-0.25, -0.2) is 23.5 Å². The molecule has 1 aromatic carbocycles. The Morgan fingerprint density at radius 1 is 1.15 bits per heavy atom. The number of aromatic nitrogens is 4. The van der Waals surface area contributed by atoms with Gasteiger partial charge >= 0.3 is 11.8 Å². The highest BCUT2D eigenvalue weighted by Gasteiger charge is 2.31. The number of hydrogen-bond acceptors (Lipinski definition) is 6. The molecule has 40 heavy (non-hydrogen) atoms. The molecule has 4 aromatic rings. The van der Waals surface area contributed by atoms with Gasteiger partial charge in [0, 0.05) is 42.5 Å². The Bertz CT molecular complexity index is 1710. The SMILES string of the molecule is Cc1ccnc(C(C)C)c1-n1c(=O)nc(N2CCN(C(=O)O)C[C@@H]2C)c2cc(Cl)c(-c3cc(Cl)ccc3F)nc21. The molecule has 9 nitrogen and oxygen atoms in total. The van der Waals surface area contributed by atoms with Crippen LogP contribution in [0.2, 0.25) is 10.0 Å². The van der Waals surface area contributed by atoms with Crippen molar-refractivity contribution in [3.05, 3.63) is 74.1 Å². The van der Waals surface area contributed by atoms with Gasteiger partial charge in [0.05, 0.1) is 27.5 Å². The molecule has 0 bridgehead atoms. The average Bonchev–Trinajstić information content (AvgIpc) is 2.90. The number of benzene rings is 1. The van der Waals surface area contributed by atoms with Crippen molar-refractivity contribution in [2.45, 2.75) is 39.7 Å². The van der Waals surface area contributed by atoms with Crippen molar-refractivity contribution >= 4 is 46.1 Å². The zero-order valence-corrected chi connectivity index (χ0v) is 23.8. The molecular weight excluding hydrogens is 558 g/mol. The normalized spacial score (nSPS) is 15.8. The quantitative estimate of drug-likeness (QED) is 0.318. The highest BCUT2D eigenvalue weighted by molar-refractivity contribution is 6.34. The van der Waals surface area contributed by atoms with Gasteiger partial charge in [-0.1, -0.05) is 37.0 Å². The number of halogens is 3. The number of anilines is 1. The molecule has 0 aliphatic carbocycles. The van der Waals surface area contributed by atoms with Gasteiger partial charge in [-0.05, 0) is 55.7 Å². The molecular formula is C28H27Cl2FN6O3. The highest BCUT2D eigenvalue weighted by atomic mass is 35.5. The average molecular weight is 585 g/mol. The fraction of sp³-hybridized carbons (Fsp3) is 0.321. The van der Waals surface area contributed by atoms with Crippen molar-refractivity contribution in [2.24, 2.45) is 0 Å². The Morgan fingerprint density at radius 3 is 2.58 bits per heavy atom. The first kappa shape index (κ1) is 27.8. The summed E-state index contributed by atoms with van der Waals surface area (Å²) in [7, 11) is 0. The number of hydrogen-bond donors (Lipinski definition) is 1. The van der Waals surface area contributed by atoms with E-state index in [0.717, 1.165) is 5.56 Å². The molecule has 1 amide bonds. The standard InChI is InChI=1S/C28H27Cl2FN6O3/c1-14(2)22-24(15(3)7-8-32-22)37-26-19(12-20(30)23(33-26)18-11-17(29)5-6-21(18)31)25(34-27(37)38)36-10-9-35(28(39)40)13-16(36)4/h5-8,11-12,14,16H,9-10,13H2,1-4H3,(H,39,40)/t16-/m0/s1. The third-order valence-corrected chi connectivity index (χ3v) is 7.60. The third-order valence-electron chi connectivity index (χ3n) is 7.08. The second kappa shape index (κ2) is 10.7. The lowest BCUT2D eigenvalue weighted by Crippen LogP contribution is -2.54. The maximum absolute atomic E-state index is 15.0. The van der Waals surface area contributed by atoms with E-state index in [1.54, 1.807) is 18.3 Å². The van der Waals surface area contributed by atoms with E-state index in [4.69, 9.17) is 28.2 Å². The van der Waals surface area contributed by atoms with Crippen molar-refractivity contribution in [3.8, 4) is 16.9 Å². The molecule has 0 spiro atoms. The summed E-state index contributed by atoms with van der Waals surface area (Å²) >= 11 is 12.9. The molecule has 208 valence electrons. The number of amides is 1. The van der Waals surface area contributed by atoms with Gasteiger partial charge in [0.15, 0.2) is 5.65 Å².